The number of carbonyl (C=O) groups excluding carboxylic acids is 3. The number of nitrogens with zero attached hydrogens (tertiary/aromatic N) is 2. The molecule has 2 fully saturated rings. The van der Waals surface area contributed by atoms with E-state index in [0.29, 0.717) is 39.5 Å². The molecular weight excluding hydrogens is 589 g/mol. The van der Waals surface area contributed by atoms with Gasteiger partial charge in [0.2, 0.25) is 5.91 Å². The van der Waals surface area contributed by atoms with Crippen LogP contribution in [0.25, 0.3) is 0 Å². The first-order chi connectivity index (χ1) is 19.9. The maximum atomic E-state index is 13.2. The fourth-order valence-electron chi connectivity index (χ4n) is 4.75. The molecule has 0 bridgehead atoms. The van der Waals surface area contributed by atoms with Crippen LogP contribution in [0.3, 0.4) is 0 Å². The lowest BCUT2D eigenvalue weighted by molar-refractivity contribution is -0.145. The van der Waals surface area contributed by atoms with Crippen molar-refractivity contribution < 1.29 is 28.6 Å². The molecule has 0 radical (unpaired) electrons. The first-order valence-corrected chi connectivity index (χ1v) is 15.5. The molecule has 0 unspecified atom stereocenters. The normalized spacial score (nSPS) is 18.0. The third kappa shape index (κ3) is 8.91. The van der Waals surface area contributed by atoms with Crippen LogP contribution in [0.5, 0.6) is 5.75 Å². The number of halogens is 2. The molecule has 0 saturated carbocycles. The summed E-state index contributed by atoms with van der Waals surface area (Å²) < 4.78 is 16.3. The molecule has 2 heterocycles. The van der Waals surface area contributed by atoms with Gasteiger partial charge in [-0.05, 0) is 55.8 Å². The SMILES string of the molecule is COC(=O)[C@H](Cc1ccc(OCc2c(Cl)cccc2Cl)cc1)NC(=O)[C@H]1CSCN1C(=O)OCCN1CCCCC1. The van der Waals surface area contributed by atoms with Crippen molar-refractivity contribution in [3.8, 4) is 5.75 Å². The lowest BCUT2D eigenvalue weighted by Gasteiger charge is -2.27. The van der Waals surface area contributed by atoms with Gasteiger partial charge in [-0.15, -0.1) is 11.8 Å². The van der Waals surface area contributed by atoms with Crippen molar-refractivity contribution >= 4 is 52.9 Å². The second-order valence-electron chi connectivity index (χ2n) is 9.92. The quantitative estimate of drug-likeness (QED) is 0.358. The van der Waals surface area contributed by atoms with Crippen molar-refractivity contribution in [3.63, 3.8) is 0 Å². The standard InChI is InChI=1S/C29H35Cl2N3O6S/c1-38-28(36)25(16-20-8-10-21(11-9-20)40-17-22-23(30)6-5-7-24(22)31)32-27(35)26-18-41-19-34(26)29(37)39-15-14-33-12-3-2-4-13-33/h5-11,25-26H,2-4,12-19H2,1H3,(H,32,35)/t25-,26+/m0/s1. The van der Waals surface area contributed by atoms with Gasteiger partial charge in [-0.25, -0.2) is 9.59 Å². The molecule has 2 aliphatic heterocycles. The molecule has 0 aliphatic carbocycles. The number of hydrogen-bond donors (Lipinski definition) is 1. The van der Waals surface area contributed by atoms with Crippen molar-refractivity contribution in [1.29, 1.82) is 0 Å². The van der Waals surface area contributed by atoms with Crippen molar-refractivity contribution in [2.24, 2.45) is 0 Å². The highest BCUT2D eigenvalue weighted by Gasteiger charge is 2.37. The summed E-state index contributed by atoms with van der Waals surface area (Å²) in [5, 5.41) is 3.83. The predicted octanol–water partition coefficient (Wildman–Crippen LogP) is 4.77. The van der Waals surface area contributed by atoms with E-state index in [1.165, 1.54) is 30.2 Å². The molecule has 222 valence electrons. The van der Waals surface area contributed by atoms with E-state index in [2.05, 4.69) is 10.2 Å². The van der Waals surface area contributed by atoms with Crippen LogP contribution >= 0.6 is 35.0 Å². The van der Waals surface area contributed by atoms with Gasteiger partial charge in [0, 0.05) is 34.3 Å². The Kier molecular flexibility index (Phi) is 11.9. The number of rotatable bonds is 11. The van der Waals surface area contributed by atoms with Crippen molar-refractivity contribution in [1.82, 2.24) is 15.1 Å². The van der Waals surface area contributed by atoms with Gasteiger partial charge < -0.3 is 19.5 Å². The first kappa shape index (κ1) is 31.3. The van der Waals surface area contributed by atoms with Gasteiger partial charge in [-0.3, -0.25) is 14.6 Å². The zero-order valence-corrected chi connectivity index (χ0v) is 25.3. The number of hydrogen-bond acceptors (Lipinski definition) is 8. The number of likely N-dealkylation sites (tertiary alicyclic amines) is 1. The number of ether oxygens (including phenoxy) is 3. The van der Waals surface area contributed by atoms with Gasteiger partial charge in [0.25, 0.3) is 0 Å². The predicted molar refractivity (Wildman–Crippen MR) is 159 cm³/mol. The van der Waals surface area contributed by atoms with E-state index in [1.54, 1.807) is 30.3 Å². The van der Waals surface area contributed by atoms with Crippen LogP contribution < -0.4 is 10.1 Å². The number of amides is 2. The number of methoxy groups -OCH3 is 1. The van der Waals surface area contributed by atoms with Gasteiger partial charge >= 0.3 is 12.1 Å². The molecule has 2 amide bonds. The number of esters is 1. The third-order valence-corrected chi connectivity index (χ3v) is 8.83. The summed E-state index contributed by atoms with van der Waals surface area (Å²) in [5.74, 6) is 0.372. The van der Waals surface area contributed by atoms with E-state index in [-0.39, 0.29) is 19.6 Å². The lowest BCUT2D eigenvalue weighted by Crippen LogP contribution is -2.52. The molecule has 2 atom stereocenters. The average Bonchev–Trinajstić information content (AvgIpc) is 3.48. The number of carbonyl (C=O) groups is 3. The summed E-state index contributed by atoms with van der Waals surface area (Å²) in [6, 6.07) is 10.8. The van der Waals surface area contributed by atoms with Crippen LogP contribution in [0.1, 0.15) is 30.4 Å². The largest absolute Gasteiger partial charge is 0.489 e. The van der Waals surface area contributed by atoms with Crippen LogP contribution in [0.2, 0.25) is 10.0 Å². The Bertz CT molecular complexity index is 1180. The van der Waals surface area contributed by atoms with Crippen LogP contribution in [0.4, 0.5) is 4.79 Å². The Morgan fingerprint density at radius 2 is 1.76 bits per heavy atom. The Labute approximate surface area is 254 Å². The summed E-state index contributed by atoms with van der Waals surface area (Å²) in [7, 11) is 1.27. The van der Waals surface area contributed by atoms with Crippen molar-refractivity contribution in [3.05, 3.63) is 63.6 Å². The lowest BCUT2D eigenvalue weighted by atomic mass is 10.1. The summed E-state index contributed by atoms with van der Waals surface area (Å²) >= 11 is 13.9. The highest BCUT2D eigenvalue weighted by Crippen LogP contribution is 2.26. The van der Waals surface area contributed by atoms with Crippen LogP contribution in [-0.4, -0.2) is 84.8 Å². The highest BCUT2D eigenvalue weighted by molar-refractivity contribution is 7.99. The number of benzene rings is 2. The van der Waals surface area contributed by atoms with Crippen LogP contribution in [-0.2, 0) is 32.1 Å². The first-order valence-electron chi connectivity index (χ1n) is 13.6. The number of thioether (sulfide) groups is 1. The summed E-state index contributed by atoms with van der Waals surface area (Å²) in [4.78, 5) is 42.2. The minimum Gasteiger partial charge on any atom is -0.489 e. The van der Waals surface area contributed by atoms with Crippen molar-refractivity contribution in [2.45, 2.75) is 44.4 Å². The zero-order chi connectivity index (χ0) is 29.2. The topological polar surface area (TPSA) is 97.4 Å². The van der Waals surface area contributed by atoms with Crippen LogP contribution in [0.15, 0.2) is 42.5 Å². The van der Waals surface area contributed by atoms with E-state index in [0.717, 1.165) is 31.5 Å². The third-order valence-electron chi connectivity index (χ3n) is 7.11. The average molecular weight is 625 g/mol. The van der Waals surface area contributed by atoms with E-state index in [1.807, 2.05) is 12.1 Å². The van der Waals surface area contributed by atoms with Gasteiger partial charge in [0.1, 0.15) is 31.0 Å². The number of nitrogens with one attached hydrogen (secondary N) is 1. The minimum atomic E-state index is -0.927. The summed E-state index contributed by atoms with van der Waals surface area (Å²) in [5.41, 5.74) is 1.48. The second-order valence-corrected chi connectivity index (χ2v) is 11.7. The molecule has 1 N–H and O–H groups in total. The Balaban J connectivity index is 1.30. The molecule has 0 spiro atoms. The minimum absolute atomic E-state index is 0.204. The molecule has 2 saturated heterocycles. The Morgan fingerprint density at radius 1 is 1.05 bits per heavy atom. The zero-order valence-electron chi connectivity index (χ0n) is 23.0. The monoisotopic (exact) mass is 623 g/mol. The number of piperidine rings is 1. The molecular formula is C29H35Cl2N3O6S. The molecule has 12 heteroatoms. The fraction of sp³-hybridized carbons (Fsp3) is 0.483. The Hall–Kier alpha value is -2.66. The van der Waals surface area contributed by atoms with Gasteiger partial charge in [0.15, 0.2) is 0 Å². The molecule has 41 heavy (non-hydrogen) atoms. The van der Waals surface area contributed by atoms with Gasteiger partial charge in [-0.2, -0.15) is 0 Å². The van der Waals surface area contributed by atoms with E-state index in [4.69, 9.17) is 37.4 Å². The molecule has 0 aromatic heterocycles. The van der Waals surface area contributed by atoms with E-state index < -0.39 is 30.1 Å². The summed E-state index contributed by atoms with van der Waals surface area (Å²) in [6.07, 6.45) is 3.25. The van der Waals surface area contributed by atoms with Gasteiger partial charge in [0.05, 0.1) is 13.0 Å². The molecule has 2 aromatic rings. The molecule has 9 nitrogen and oxygen atoms in total. The fourth-order valence-corrected chi connectivity index (χ4v) is 6.40. The summed E-state index contributed by atoms with van der Waals surface area (Å²) in [6.45, 7) is 3.21. The van der Waals surface area contributed by atoms with Gasteiger partial charge in [-0.1, -0.05) is 47.8 Å². The highest BCUT2D eigenvalue weighted by atomic mass is 35.5. The molecule has 2 aromatic carbocycles. The Morgan fingerprint density at radius 3 is 2.44 bits per heavy atom. The maximum Gasteiger partial charge on any atom is 0.411 e. The van der Waals surface area contributed by atoms with Crippen LogP contribution in [0, 0.1) is 0 Å². The second kappa shape index (κ2) is 15.5. The molecule has 2 aliphatic rings. The van der Waals surface area contributed by atoms with E-state index in [9.17, 15) is 14.4 Å². The smallest absolute Gasteiger partial charge is 0.411 e. The van der Waals surface area contributed by atoms with E-state index >= 15 is 0 Å². The maximum absolute atomic E-state index is 13.2. The van der Waals surface area contributed by atoms with Crippen molar-refractivity contribution in [2.75, 3.05) is 45.0 Å². The molecule has 4 rings (SSSR count).